The predicted molar refractivity (Wildman–Crippen MR) is 96.0 cm³/mol. The fraction of sp³-hybridized carbons (Fsp3) is 0.474. The third kappa shape index (κ3) is 7.00. The molecule has 0 aliphatic rings. The van der Waals surface area contributed by atoms with Gasteiger partial charge >= 0.3 is 0 Å². The molecule has 0 radical (unpaired) electrons. The standard InChI is InChI=1S/C14H18.C2H6.3CH4/c1-6-13(7-2)14-11(4)8-10(3)9-12(14)5;1-2;;;/h6-9H,1H2,2-5H3;1-2H3;3*1H4/b13-7+;;;;. The summed E-state index contributed by atoms with van der Waals surface area (Å²) in [5.41, 5.74) is 6.53. The van der Waals surface area contributed by atoms with Crippen LogP contribution in [-0.4, -0.2) is 0 Å². The molecule has 0 aliphatic heterocycles. The van der Waals surface area contributed by atoms with E-state index in [2.05, 4.69) is 52.5 Å². The molecular weight excluding hydrogens is 228 g/mol. The van der Waals surface area contributed by atoms with E-state index in [0.29, 0.717) is 0 Å². The first kappa shape index (κ1) is 26.3. The lowest BCUT2D eigenvalue weighted by molar-refractivity contribution is 1.29. The van der Waals surface area contributed by atoms with Crippen LogP contribution in [0.1, 0.15) is 65.3 Å². The minimum atomic E-state index is 0. The second-order valence-corrected chi connectivity index (χ2v) is 3.72. The van der Waals surface area contributed by atoms with Gasteiger partial charge in [0.2, 0.25) is 0 Å². The summed E-state index contributed by atoms with van der Waals surface area (Å²) >= 11 is 0. The van der Waals surface area contributed by atoms with Crippen molar-refractivity contribution in [3.63, 3.8) is 0 Å². The summed E-state index contributed by atoms with van der Waals surface area (Å²) in [6.45, 7) is 16.3. The van der Waals surface area contributed by atoms with Crippen molar-refractivity contribution in [2.24, 2.45) is 0 Å². The molecule has 0 heteroatoms. The molecule has 0 atom stereocenters. The smallest absolute Gasteiger partial charge is 0.0129 e. The van der Waals surface area contributed by atoms with E-state index < -0.39 is 0 Å². The number of aryl methyl sites for hydroxylation is 3. The Morgan fingerprint density at radius 2 is 1.32 bits per heavy atom. The summed E-state index contributed by atoms with van der Waals surface area (Å²) in [5.74, 6) is 0. The van der Waals surface area contributed by atoms with Gasteiger partial charge in [-0.3, -0.25) is 0 Å². The maximum Gasteiger partial charge on any atom is -0.0129 e. The van der Waals surface area contributed by atoms with Crippen molar-refractivity contribution in [1.29, 1.82) is 0 Å². The van der Waals surface area contributed by atoms with Crippen molar-refractivity contribution < 1.29 is 0 Å². The minimum absolute atomic E-state index is 0. The number of rotatable bonds is 2. The number of benzene rings is 1. The monoisotopic (exact) mass is 264 g/mol. The first-order chi connectivity index (χ1) is 7.60. The maximum atomic E-state index is 3.84. The van der Waals surface area contributed by atoms with Gasteiger partial charge in [0, 0.05) is 0 Å². The Kier molecular flexibility index (Phi) is 18.2. The maximum absolute atomic E-state index is 3.84. The minimum Gasteiger partial charge on any atom is -0.0985 e. The predicted octanol–water partition coefficient (Wildman–Crippen LogP) is 7.14. The van der Waals surface area contributed by atoms with E-state index >= 15 is 0 Å². The fourth-order valence-electron chi connectivity index (χ4n) is 2.00. The van der Waals surface area contributed by atoms with Crippen molar-refractivity contribution in [2.75, 3.05) is 0 Å². The summed E-state index contributed by atoms with van der Waals surface area (Å²) < 4.78 is 0. The van der Waals surface area contributed by atoms with E-state index in [-0.39, 0.29) is 22.3 Å². The van der Waals surface area contributed by atoms with Crippen LogP contribution in [0.2, 0.25) is 0 Å². The van der Waals surface area contributed by atoms with Crippen LogP contribution in [0, 0.1) is 20.8 Å². The molecule has 0 aromatic heterocycles. The zero-order valence-corrected chi connectivity index (χ0v) is 11.5. The molecule has 0 saturated heterocycles. The van der Waals surface area contributed by atoms with Crippen molar-refractivity contribution in [3.8, 4) is 0 Å². The Labute approximate surface area is 123 Å². The molecule has 0 fully saturated rings. The molecule has 0 heterocycles. The van der Waals surface area contributed by atoms with Gasteiger partial charge in [0.15, 0.2) is 0 Å². The third-order valence-electron chi connectivity index (χ3n) is 2.50. The molecule has 0 nitrogen and oxygen atoms in total. The van der Waals surface area contributed by atoms with Crippen molar-refractivity contribution in [3.05, 3.63) is 53.1 Å². The van der Waals surface area contributed by atoms with Crippen LogP contribution in [0.4, 0.5) is 0 Å². The average molecular weight is 264 g/mol. The van der Waals surface area contributed by atoms with Crippen LogP contribution in [-0.2, 0) is 0 Å². The molecule has 0 saturated carbocycles. The Morgan fingerprint density at radius 3 is 1.58 bits per heavy atom. The quantitative estimate of drug-likeness (QED) is 0.498. The number of hydrogen-bond acceptors (Lipinski definition) is 0. The first-order valence-electron chi connectivity index (χ1n) is 5.97. The highest BCUT2D eigenvalue weighted by Gasteiger charge is 2.05. The molecule has 0 spiro atoms. The van der Waals surface area contributed by atoms with Gasteiger partial charge in [-0.15, -0.1) is 0 Å². The SMILES string of the molecule is C.C.C.C=C/C(=C\C)c1c(C)cc(C)cc1C.CC. The third-order valence-corrected chi connectivity index (χ3v) is 2.50. The van der Waals surface area contributed by atoms with E-state index in [9.17, 15) is 0 Å². The van der Waals surface area contributed by atoms with Gasteiger partial charge in [-0.05, 0) is 50.0 Å². The van der Waals surface area contributed by atoms with E-state index in [4.69, 9.17) is 0 Å². The van der Waals surface area contributed by atoms with Gasteiger partial charge in [-0.2, -0.15) is 0 Å². The molecule has 0 amide bonds. The first-order valence-corrected chi connectivity index (χ1v) is 5.97. The van der Waals surface area contributed by atoms with Crippen LogP contribution in [0.5, 0.6) is 0 Å². The van der Waals surface area contributed by atoms with E-state index in [0.717, 1.165) is 0 Å². The summed E-state index contributed by atoms with van der Waals surface area (Å²) in [6.07, 6.45) is 4.03. The number of allylic oxidation sites excluding steroid dienone is 3. The van der Waals surface area contributed by atoms with Gasteiger partial charge in [0.1, 0.15) is 0 Å². The molecule has 112 valence electrons. The lowest BCUT2D eigenvalue weighted by Crippen LogP contribution is -1.92. The Balaban J connectivity index is -0.000000214. The normalized spacial score (nSPS) is 8.84. The highest BCUT2D eigenvalue weighted by Crippen LogP contribution is 2.24. The molecule has 0 aliphatic carbocycles. The average Bonchev–Trinajstić information content (AvgIpc) is 2.26. The molecular formula is C19H36. The molecule has 1 aromatic rings. The van der Waals surface area contributed by atoms with Crippen LogP contribution in [0.3, 0.4) is 0 Å². The van der Waals surface area contributed by atoms with Gasteiger partial charge in [-0.25, -0.2) is 0 Å². The Morgan fingerprint density at radius 1 is 0.947 bits per heavy atom. The van der Waals surface area contributed by atoms with E-state index in [1.54, 1.807) is 0 Å². The topological polar surface area (TPSA) is 0 Å². The second-order valence-electron chi connectivity index (χ2n) is 3.72. The van der Waals surface area contributed by atoms with Gasteiger partial charge in [0.05, 0.1) is 0 Å². The molecule has 19 heavy (non-hydrogen) atoms. The van der Waals surface area contributed by atoms with Crippen LogP contribution < -0.4 is 0 Å². The zero-order valence-electron chi connectivity index (χ0n) is 11.5. The summed E-state index contributed by atoms with van der Waals surface area (Å²) in [7, 11) is 0. The van der Waals surface area contributed by atoms with E-state index in [1.807, 2.05) is 19.9 Å². The second kappa shape index (κ2) is 13.1. The van der Waals surface area contributed by atoms with Gasteiger partial charge in [0.25, 0.3) is 0 Å². The van der Waals surface area contributed by atoms with Crippen molar-refractivity contribution in [2.45, 2.75) is 63.8 Å². The van der Waals surface area contributed by atoms with Crippen LogP contribution >= 0.6 is 0 Å². The van der Waals surface area contributed by atoms with E-state index in [1.165, 1.54) is 27.8 Å². The lowest BCUT2D eigenvalue weighted by Gasteiger charge is -2.11. The molecule has 0 bridgehead atoms. The fourth-order valence-corrected chi connectivity index (χ4v) is 2.00. The largest absolute Gasteiger partial charge is 0.0985 e. The van der Waals surface area contributed by atoms with Crippen LogP contribution in [0.15, 0.2) is 30.9 Å². The summed E-state index contributed by atoms with van der Waals surface area (Å²) in [6, 6.07) is 4.44. The van der Waals surface area contributed by atoms with Gasteiger partial charge < -0.3 is 0 Å². The van der Waals surface area contributed by atoms with Gasteiger partial charge in [-0.1, -0.05) is 72.6 Å². The van der Waals surface area contributed by atoms with Crippen molar-refractivity contribution in [1.82, 2.24) is 0 Å². The Bertz CT molecular complexity index is 358. The molecule has 1 aromatic carbocycles. The Hall–Kier alpha value is -1.30. The molecule has 0 unspecified atom stereocenters. The van der Waals surface area contributed by atoms with Crippen LogP contribution in [0.25, 0.3) is 5.57 Å². The zero-order chi connectivity index (χ0) is 12.7. The van der Waals surface area contributed by atoms with Crippen molar-refractivity contribution >= 4 is 5.57 Å². The lowest BCUT2D eigenvalue weighted by atomic mass is 9.93. The summed E-state index contributed by atoms with van der Waals surface area (Å²) in [5, 5.41) is 0. The summed E-state index contributed by atoms with van der Waals surface area (Å²) in [4.78, 5) is 0. The highest BCUT2D eigenvalue weighted by molar-refractivity contribution is 5.77. The highest BCUT2D eigenvalue weighted by atomic mass is 14.1. The molecule has 0 N–H and O–H groups in total. The molecule has 1 rings (SSSR count). The number of hydrogen-bond donors (Lipinski definition) is 0.